The van der Waals surface area contributed by atoms with E-state index in [-0.39, 0.29) is 5.75 Å². The zero-order chi connectivity index (χ0) is 16.9. The van der Waals surface area contributed by atoms with Crippen LogP contribution in [0.25, 0.3) is 11.4 Å². The van der Waals surface area contributed by atoms with E-state index in [4.69, 9.17) is 17.0 Å². The SMILES string of the molecule is CCOc1cccc(/C=N\n2c(-c3ccncc3)n[nH]c2=S)c1O. The molecular formula is C16H15N5O2S. The Labute approximate surface area is 143 Å². The Morgan fingerprint density at radius 2 is 2.12 bits per heavy atom. The van der Waals surface area contributed by atoms with Crippen molar-refractivity contribution in [1.29, 1.82) is 0 Å². The fraction of sp³-hybridized carbons (Fsp3) is 0.125. The average molecular weight is 341 g/mol. The summed E-state index contributed by atoms with van der Waals surface area (Å²) < 4.78 is 7.20. The van der Waals surface area contributed by atoms with Crippen LogP contribution < -0.4 is 4.74 Å². The molecule has 0 atom stereocenters. The van der Waals surface area contributed by atoms with Crippen LogP contribution in [0.3, 0.4) is 0 Å². The molecule has 3 rings (SSSR count). The summed E-state index contributed by atoms with van der Waals surface area (Å²) in [5, 5.41) is 21.5. The van der Waals surface area contributed by atoms with Gasteiger partial charge in [-0.05, 0) is 43.4 Å². The predicted octanol–water partition coefficient (Wildman–Crippen LogP) is 2.99. The second kappa shape index (κ2) is 7.05. The van der Waals surface area contributed by atoms with Crippen molar-refractivity contribution in [3.05, 3.63) is 53.1 Å². The molecule has 0 radical (unpaired) electrons. The standard InChI is InChI=1S/C16H15N5O2S/c1-2-23-13-5-3-4-12(14(13)22)10-18-21-15(19-20-16(21)24)11-6-8-17-9-7-11/h3-10,22H,2H2,1H3,(H,20,24)/b18-10-. The molecule has 0 fully saturated rings. The minimum Gasteiger partial charge on any atom is -0.504 e. The summed E-state index contributed by atoms with van der Waals surface area (Å²) >= 11 is 5.22. The van der Waals surface area contributed by atoms with Crippen molar-refractivity contribution >= 4 is 18.4 Å². The Kier molecular flexibility index (Phi) is 4.66. The van der Waals surface area contributed by atoms with Gasteiger partial charge in [-0.3, -0.25) is 4.98 Å². The van der Waals surface area contributed by atoms with Gasteiger partial charge >= 0.3 is 0 Å². The number of aromatic hydroxyl groups is 1. The van der Waals surface area contributed by atoms with Crippen molar-refractivity contribution in [2.75, 3.05) is 6.61 Å². The van der Waals surface area contributed by atoms with E-state index < -0.39 is 0 Å². The number of phenols is 1. The number of phenolic OH excluding ortho intramolecular Hbond substituents is 1. The number of ether oxygens (including phenoxy) is 1. The molecule has 24 heavy (non-hydrogen) atoms. The summed E-state index contributed by atoms with van der Waals surface area (Å²) in [7, 11) is 0. The molecule has 0 bridgehead atoms. The third-order valence-electron chi connectivity index (χ3n) is 3.23. The Morgan fingerprint density at radius 3 is 2.88 bits per heavy atom. The minimum absolute atomic E-state index is 0.0311. The van der Waals surface area contributed by atoms with E-state index in [1.54, 1.807) is 30.6 Å². The molecule has 3 aromatic rings. The fourth-order valence-electron chi connectivity index (χ4n) is 2.12. The number of nitrogens with one attached hydrogen (secondary N) is 1. The lowest BCUT2D eigenvalue weighted by molar-refractivity contribution is 0.318. The number of aromatic amines is 1. The predicted molar refractivity (Wildman–Crippen MR) is 92.9 cm³/mol. The molecule has 7 nitrogen and oxygen atoms in total. The average Bonchev–Trinajstić information content (AvgIpc) is 2.97. The van der Waals surface area contributed by atoms with Crippen LogP contribution in [0, 0.1) is 4.77 Å². The van der Waals surface area contributed by atoms with Crippen molar-refractivity contribution in [1.82, 2.24) is 19.9 Å². The Bertz CT molecular complexity index is 918. The highest BCUT2D eigenvalue weighted by molar-refractivity contribution is 7.71. The molecule has 0 unspecified atom stereocenters. The molecule has 0 aliphatic carbocycles. The highest BCUT2D eigenvalue weighted by Gasteiger charge is 2.09. The highest BCUT2D eigenvalue weighted by atomic mass is 32.1. The van der Waals surface area contributed by atoms with Crippen LogP contribution in [-0.4, -0.2) is 37.8 Å². The van der Waals surface area contributed by atoms with E-state index in [1.807, 2.05) is 19.1 Å². The van der Waals surface area contributed by atoms with Crippen LogP contribution in [-0.2, 0) is 0 Å². The maximum Gasteiger partial charge on any atom is 0.216 e. The molecule has 122 valence electrons. The van der Waals surface area contributed by atoms with E-state index in [0.29, 0.717) is 28.5 Å². The summed E-state index contributed by atoms with van der Waals surface area (Å²) in [6, 6.07) is 8.83. The maximum absolute atomic E-state index is 10.2. The zero-order valence-corrected chi connectivity index (χ0v) is 13.7. The number of nitrogens with zero attached hydrogens (tertiary/aromatic N) is 4. The van der Waals surface area contributed by atoms with E-state index in [1.165, 1.54) is 10.9 Å². The quantitative estimate of drug-likeness (QED) is 0.550. The first-order chi connectivity index (χ1) is 11.7. The lowest BCUT2D eigenvalue weighted by Crippen LogP contribution is -1.97. The maximum atomic E-state index is 10.2. The lowest BCUT2D eigenvalue weighted by atomic mass is 10.2. The van der Waals surface area contributed by atoms with Crippen molar-refractivity contribution in [3.63, 3.8) is 0 Å². The largest absolute Gasteiger partial charge is 0.504 e. The highest BCUT2D eigenvalue weighted by Crippen LogP contribution is 2.28. The number of H-pyrrole nitrogens is 1. The summed E-state index contributed by atoms with van der Waals surface area (Å²) in [5.74, 6) is 0.995. The molecule has 0 spiro atoms. The number of rotatable bonds is 5. The van der Waals surface area contributed by atoms with Gasteiger partial charge < -0.3 is 9.84 Å². The number of aromatic nitrogens is 4. The van der Waals surface area contributed by atoms with E-state index in [9.17, 15) is 5.11 Å². The zero-order valence-electron chi connectivity index (χ0n) is 12.9. The molecule has 2 N–H and O–H groups in total. The van der Waals surface area contributed by atoms with E-state index in [0.717, 1.165) is 5.56 Å². The van der Waals surface area contributed by atoms with Gasteiger partial charge in [-0.1, -0.05) is 6.07 Å². The second-order valence-corrected chi connectivity index (χ2v) is 5.16. The number of para-hydroxylation sites is 1. The van der Waals surface area contributed by atoms with E-state index >= 15 is 0 Å². The molecule has 1 aromatic carbocycles. The third-order valence-corrected chi connectivity index (χ3v) is 3.50. The van der Waals surface area contributed by atoms with Gasteiger partial charge in [-0.25, -0.2) is 5.10 Å². The van der Waals surface area contributed by atoms with Gasteiger partial charge in [0.25, 0.3) is 0 Å². The first-order valence-corrected chi connectivity index (χ1v) is 7.68. The van der Waals surface area contributed by atoms with Gasteiger partial charge in [-0.2, -0.15) is 14.9 Å². The summed E-state index contributed by atoms with van der Waals surface area (Å²) in [4.78, 5) is 3.98. The second-order valence-electron chi connectivity index (χ2n) is 4.77. The van der Waals surface area contributed by atoms with Crippen molar-refractivity contribution in [2.24, 2.45) is 5.10 Å². The Morgan fingerprint density at radius 1 is 1.33 bits per heavy atom. The normalized spacial score (nSPS) is 11.0. The van der Waals surface area contributed by atoms with Crippen molar-refractivity contribution in [3.8, 4) is 22.9 Å². The topological polar surface area (TPSA) is 88.3 Å². The first-order valence-electron chi connectivity index (χ1n) is 7.27. The lowest BCUT2D eigenvalue weighted by Gasteiger charge is -2.07. The monoisotopic (exact) mass is 341 g/mol. The molecule has 0 aliphatic rings. The Balaban J connectivity index is 1.98. The Hall–Kier alpha value is -3.00. The van der Waals surface area contributed by atoms with Gasteiger partial charge in [0.15, 0.2) is 17.3 Å². The van der Waals surface area contributed by atoms with Gasteiger partial charge in [0, 0.05) is 23.5 Å². The minimum atomic E-state index is 0.0311. The smallest absolute Gasteiger partial charge is 0.216 e. The molecule has 0 saturated carbocycles. The molecule has 2 aromatic heterocycles. The number of benzene rings is 1. The van der Waals surface area contributed by atoms with Crippen LogP contribution in [0.15, 0.2) is 47.8 Å². The summed E-state index contributed by atoms with van der Waals surface area (Å²) in [5.41, 5.74) is 1.34. The van der Waals surface area contributed by atoms with Crippen LogP contribution in [0.2, 0.25) is 0 Å². The van der Waals surface area contributed by atoms with E-state index in [2.05, 4.69) is 20.3 Å². The number of pyridine rings is 1. The van der Waals surface area contributed by atoms with Crippen LogP contribution in [0.4, 0.5) is 0 Å². The van der Waals surface area contributed by atoms with Gasteiger partial charge in [0.1, 0.15) is 0 Å². The first kappa shape index (κ1) is 15.9. The number of hydrogen-bond acceptors (Lipinski definition) is 6. The van der Waals surface area contributed by atoms with Crippen LogP contribution in [0.5, 0.6) is 11.5 Å². The number of hydrogen-bond donors (Lipinski definition) is 2. The molecule has 2 heterocycles. The third kappa shape index (κ3) is 3.18. The van der Waals surface area contributed by atoms with Crippen molar-refractivity contribution in [2.45, 2.75) is 6.92 Å². The summed E-state index contributed by atoms with van der Waals surface area (Å²) in [6.07, 6.45) is 4.84. The molecular weight excluding hydrogens is 326 g/mol. The van der Waals surface area contributed by atoms with Crippen LogP contribution in [0.1, 0.15) is 12.5 Å². The van der Waals surface area contributed by atoms with Gasteiger partial charge in [0.2, 0.25) is 4.77 Å². The summed E-state index contributed by atoms with van der Waals surface area (Å²) in [6.45, 7) is 2.32. The fourth-order valence-corrected chi connectivity index (χ4v) is 2.30. The molecule has 0 aliphatic heterocycles. The molecule has 0 amide bonds. The van der Waals surface area contributed by atoms with Crippen molar-refractivity contribution < 1.29 is 9.84 Å². The van der Waals surface area contributed by atoms with Gasteiger partial charge in [0.05, 0.1) is 12.8 Å². The van der Waals surface area contributed by atoms with Crippen LogP contribution >= 0.6 is 12.2 Å². The molecule has 0 saturated heterocycles. The molecule has 8 heteroatoms. The van der Waals surface area contributed by atoms with Gasteiger partial charge in [-0.15, -0.1) is 0 Å².